The van der Waals surface area contributed by atoms with Crippen molar-refractivity contribution in [2.45, 2.75) is 57.3 Å². The van der Waals surface area contributed by atoms with Crippen LogP contribution in [0.2, 0.25) is 0 Å². The lowest BCUT2D eigenvalue weighted by molar-refractivity contribution is -0.165. The summed E-state index contributed by atoms with van der Waals surface area (Å²) < 4.78 is 5.55. The zero-order valence-electron chi connectivity index (χ0n) is 20.5. The van der Waals surface area contributed by atoms with Crippen LogP contribution in [0, 0.1) is 5.41 Å². The van der Waals surface area contributed by atoms with Gasteiger partial charge in [-0.2, -0.15) is 0 Å². The van der Waals surface area contributed by atoms with E-state index in [1.807, 2.05) is 12.1 Å². The Balaban J connectivity index is 1.43. The number of aliphatic hydroxyl groups is 2. The number of likely N-dealkylation sites (tertiary alicyclic amines) is 1. The molecule has 2 fully saturated rings. The standard InChI is InChI=1S/C26H35N5O5/c32-21-6-15-31(24(34)23-28-10-3-11-29-23)14-2-1-7-26(25(35)36-19-22(21)33)8-16-30(17-9-26)18-20-4-12-27-13-5-20/h3-5,10-13,21-22,32-33H,1-2,6-9,14-19H2/t21-,22+/m0/s1. The summed E-state index contributed by atoms with van der Waals surface area (Å²) in [5.41, 5.74) is 0.549. The number of esters is 1. The monoisotopic (exact) mass is 497 g/mol. The van der Waals surface area contributed by atoms with Gasteiger partial charge < -0.3 is 19.8 Å². The lowest BCUT2D eigenvalue weighted by Gasteiger charge is -2.40. The molecular formula is C26H35N5O5. The molecule has 2 aliphatic rings. The zero-order chi connectivity index (χ0) is 25.4. The van der Waals surface area contributed by atoms with E-state index in [0.717, 1.165) is 26.1 Å². The van der Waals surface area contributed by atoms with Gasteiger partial charge in [0.05, 0.1) is 11.5 Å². The van der Waals surface area contributed by atoms with Gasteiger partial charge in [0.1, 0.15) is 12.7 Å². The number of pyridine rings is 1. The largest absolute Gasteiger partial charge is 0.462 e. The lowest BCUT2D eigenvalue weighted by Crippen LogP contribution is -2.45. The third-order valence-electron chi connectivity index (χ3n) is 7.30. The molecule has 10 nitrogen and oxygen atoms in total. The Kier molecular flexibility index (Phi) is 8.95. The molecule has 0 unspecified atom stereocenters. The van der Waals surface area contributed by atoms with Crippen molar-refractivity contribution in [2.24, 2.45) is 5.41 Å². The predicted octanol–water partition coefficient (Wildman–Crippen LogP) is 1.44. The number of aliphatic hydroxyl groups excluding tert-OH is 2. The van der Waals surface area contributed by atoms with Crippen LogP contribution in [0.4, 0.5) is 0 Å². The summed E-state index contributed by atoms with van der Waals surface area (Å²) in [5.74, 6) is -0.505. The van der Waals surface area contributed by atoms with Crippen molar-refractivity contribution in [3.63, 3.8) is 0 Å². The van der Waals surface area contributed by atoms with Gasteiger partial charge in [0, 0.05) is 44.4 Å². The van der Waals surface area contributed by atoms with Gasteiger partial charge in [0.2, 0.25) is 5.82 Å². The van der Waals surface area contributed by atoms with Crippen LogP contribution in [0.1, 0.15) is 54.7 Å². The first-order valence-corrected chi connectivity index (χ1v) is 12.7. The fraction of sp³-hybridized carbons (Fsp3) is 0.577. The van der Waals surface area contributed by atoms with E-state index in [-0.39, 0.29) is 37.3 Å². The number of amides is 1. The summed E-state index contributed by atoms with van der Waals surface area (Å²) in [7, 11) is 0. The van der Waals surface area contributed by atoms with Crippen LogP contribution in [-0.2, 0) is 16.1 Å². The molecule has 36 heavy (non-hydrogen) atoms. The van der Waals surface area contributed by atoms with Gasteiger partial charge in [-0.25, -0.2) is 9.97 Å². The van der Waals surface area contributed by atoms with Crippen molar-refractivity contribution in [3.05, 3.63) is 54.4 Å². The minimum Gasteiger partial charge on any atom is -0.462 e. The second kappa shape index (κ2) is 12.3. The van der Waals surface area contributed by atoms with E-state index in [0.29, 0.717) is 32.2 Å². The SMILES string of the molecule is O=C(c1ncccn1)N1CCCCC2(CCN(Cc3ccncc3)CC2)C(=O)OC[C@@H](O)[C@@H](O)CC1. The molecule has 194 valence electrons. The molecule has 4 rings (SSSR count). The fourth-order valence-electron chi connectivity index (χ4n) is 4.98. The molecule has 2 atom stereocenters. The van der Waals surface area contributed by atoms with Gasteiger partial charge in [-0.3, -0.25) is 19.5 Å². The smallest absolute Gasteiger partial charge is 0.312 e. The topological polar surface area (TPSA) is 129 Å². The van der Waals surface area contributed by atoms with Gasteiger partial charge >= 0.3 is 5.97 Å². The molecular weight excluding hydrogens is 462 g/mol. The highest BCUT2D eigenvalue weighted by Crippen LogP contribution is 2.38. The van der Waals surface area contributed by atoms with Crippen LogP contribution in [0.5, 0.6) is 0 Å². The van der Waals surface area contributed by atoms with Crippen LogP contribution in [0.15, 0.2) is 43.0 Å². The summed E-state index contributed by atoms with van der Waals surface area (Å²) in [6.45, 7) is 2.77. The van der Waals surface area contributed by atoms with Crippen LogP contribution < -0.4 is 0 Å². The fourth-order valence-corrected chi connectivity index (χ4v) is 4.98. The number of carbonyl (C=O) groups is 2. The Bertz CT molecular complexity index is 985. The summed E-state index contributed by atoms with van der Waals surface area (Å²) >= 11 is 0. The number of ether oxygens (including phenoxy) is 1. The quantitative estimate of drug-likeness (QED) is 0.605. The van der Waals surface area contributed by atoms with E-state index in [1.54, 1.807) is 23.4 Å². The highest BCUT2D eigenvalue weighted by atomic mass is 16.5. The van der Waals surface area contributed by atoms with Crippen molar-refractivity contribution < 1.29 is 24.5 Å². The first-order valence-electron chi connectivity index (χ1n) is 12.7. The molecule has 0 aliphatic carbocycles. The summed E-state index contributed by atoms with van der Waals surface area (Å²) in [4.78, 5) is 42.4. The number of cyclic esters (lactones) is 1. The Hall–Kier alpha value is -2.95. The maximum Gasteiger partial charge on any atom is 0.312 e. The molecule has 4 heterocycles. The Morgan fingerprint density at radius 3 is 2.42 bits per heavy atom. The second-order valence-electron chi connectivity index (χ2n) is 9.76. The summed E-state index contributed by atoms with van der Waals surface area (Å²) in [6.07, 6.45) is 7.86. The molecule has 0 aromatic carbocycles. The molecule has 2 aromatic heterocycles. The van der Waals surface area contributed by atoms with Gasteiger partial charge in [-0.05, 0) is 69.0 Å². The number of rotatable bonds is 3. The number of carbonyl (C=O) groups excluding carboxylic acids is 2. The van der Waals surface area contributed by atoms with E-state index in [1.165, 1.54) is 18.0 Å². The van der Waals surface area contributed by atoms with Crippen molar-refractivity contribution in [1.29, 1.82) is 0 Å². The molecule has 1 amide bonds. The first-order chi connectivity index (χ1) is 17.5. The number of aromatic nitrogens is 3. The second-order valence-corrected chi connectivity index (χ2v) is 9.76. The van der Waals surface area contributed by atoms with Crippen LogP contribution in [0.25, 0.3) is 0 Å². The third kappa shape index (κ3) is 6.63. The van der Waals surface area contributed by atoms with Crippen LogP contribution in [-0.4, -0.2) is 91.8 Å². The van der Waals surface area contributed by atoms with Gasteiger partial charge in [-0.1, -0.05) is 6.42 Å². The molecule has 0 saturated carbocycles. The van der Waals surface area contributed by atoms with E-state index in [9.17, 15) is 19.8 Å². The average Bonchev–Trinajstić information content (AvgIpc) is 2.92. The molecule has 2 N–H and O–H groups in total. The van der Waals surface area contributed by atoms with Gasteiger partial charge in [0.25, 0.3) is 5.91 Å². The molecule has 10 heteroatoms. The predicted molar refractivity (Wildman–Crippen MR) is 131 cm³/mol. The van der Waals surface area contributed by atoms with Crippen molar-refractivity contribution in [1.82, 2.24) is 24.8 Å². The van der Waals surface area contributed by atoms with Crippen molar-refractivity contribution >= 4 is 11.9 Å². The number of nitrogens with zero attached hydrogens (tertiary/aromatic N) is 5. The van der Waals surface area contributed by atoms with Crippen LogP contribution >= 0.6 is 0 Å². The molecule has 2 saturated heterocycles. The Morgan fingerprint density at radius 1 is 0.972 bits per heavy atom. The van der Waals surface area contributed by atoms with Crippen molar-refractivity contribution in [3.8, 4) is 0 Å². The van der Waals surface area contributed by atoms with Crippen LogP contribution in [0.3, 0.4) is 0 Å². The minimum absolute atomic E-state index is 0.105. The first kappa shape index (κ1) is 26.1. The van der Waals surface area contributed by atoms with E-state index in [4.69, 9.17) is 4.74 Å². The summed E-state index contributed by atoms with van der Waals surface area (Å²) in [6, 6.07) is 5.64. The van der Waals surface area contributed by atoms with E-state index >= 15 is 0 Å². The lowest BCUT2D eigenvalue weighted by atomic mass is 9.74. The highest BCUT2D eigenvalue weighted by Gasteiger charge is 2.42. The number of hydrogen-bond donors (Lipinski definition) is 2. The average molecular weight is 498 g/mol. The number of hydrogen-bond acceptors (Lipinski definition) is 9. The third-order valence-corrected chi connectivity index (χ3v) is 7.30. The molecule has 0 radical (unpaired) electrons. The highest BCUT2D eigenvalue weighted by molar-refractivity contribution is 5.90. The maximum atomic E-state index is 13.2. The Labute approximate surface area is 211 Å². The summed E-state index contributed by atoms with van der Waals surface area (Å²) in [5, 5.41) is 20.9. The van der Waals surface area contributed by atoms with E-state index < -0.39 is 17.6 Å². The molecule has 1 spiro atoms. The maximum absolute atomic E-state index is 13.2. The zero-order valence-corrected chi connectivity index (χ0v) is 20.5. The Morgan fingerprint density at radius 2 is 1.69 bits per heavy atom. The van der Waals surface area contributed by atoms with Gasteiger partial charge in [-0.15, -0.1) is 0 Å². The minimum atomic E-state index is -1.22. The van der Waals surface area contributed by atoms with E-state index in [2.05, 4.69) is 19.9 Å². The van der Waals surface area contributed by atoms with Gasteiger partial charge in [0.15, 0.2) is 0 Å². The number of piperidine rings is 1. The normalized spacial score (nSPS) is 24.3. The molecule has 2 aliphatic heterocycles. The van der Waals surface area contributed by atoms with Crippen molar-refractivity contribution in [2.75, 3.05) is 32.8 Å². The molecule has 0 bridgehead atoms. The molecule has 2 aromatic rings.